The molecule has 174 valence electrons. The minimum absolute atomic E-state index is 0.0402. The van der Waals surface area contributed by atoms with Gasteiger partial charge < -0.3 is 24.3 Å². The molecule has 8 rings (SSSR count). The summed E-state index contributed by atoms with van der Waals surface area (Å²) in [6, 6.07) is 14.9. The molecule has 0 amide bonds. The number of benzene rings is 2. The zero-order valence-electron chi connectivity index (χ0n) is 19.6. The fourth-order valence-corrected chi connectivity index (χ4v) is 8.82. The summed E-state index contributed by atoms with van der Waals surface area (Å²) in [5.41, 5.74) is 3.80. The molecule has 4 bridgehead atoms. The van der Waals surface area contributed by atoms with Gasteiger partial charge in [0.1, 0.15) is 11.7 Å². The van der Waals surface area contributed by atoms with Crippen molar-refractivity contribution in [2.75, 3.05) is 27.4 Å². The Hall–Kier alpha value is -2.08. The summed E-state index contributed by atoms with van der Waals surface area (Å²) in [7, 11) is 3.64. The molecule has 3 saturated carbocycles. The quantitative estimate of drug-likeness (QED) is 0.721. The molecular weight excluding hydrogens is 414 g/mol. The van der Waals surface area contributed by atoms with Gasteiger partial charge in [0.2, 0.25) is 0 Å². The van der Waals surface area contributed by atoms with Gasteiger partial charge >= 0.3 is 0 Å². The topological polar surface area (TPSA) is 49.0 Å². The van der Waals surface area contributed by atoms with Crippen molar-refractivity contribution in [3.63, 3.8) is 0 Å². The Balaban J connectivity index is 1.37. The first kappa shape index (κ1) is 20.3. The molecule has 1 N–H and O–H groups in total. The molecule has 2 heterocycles. The van der Waals surface area contributed by atoms with E-state index in [0.717, 1.165) is 63.2 Å². The van der Waals surface area contributed by atoms with Crippen LogP contribution in [-0.2, 0) is 27.9 Å². The monoisotopic (exact) mass is 447 g/mol. The van der Waals surface area contributed by atoms with Gasteiger partial charge in [-0.15, -0.1) is 0 Å². The van der Waals surface area contributed by atoms with Crippen LogP contribution in [0.3, 0.4) is 0 Å². The Bertz CT molecular complexity index is 1090. The summed E-state index contributed by atoms with van der Waals surface area (Å²) in [6.45, 7) is 2.35. The maximum Gasteiger partial charge on any atom is 0.165 e. The number of methoxy groups -OCH3 is 2. The predicted octanol–water partition coefficient (Wildman–Crippen LogP) is 4.16. The van der Waals surface area contributed by atoms with E-state index in [1.54, 1.807) is 7.11 Å². The molecule has 2 aliphatic heterocycles. The van der Waals surface area contributed by atoms with E-state index in [4.69, 9.17) is 18.9 Å². The third kappa shape index (κ3) is 2.25. The van der Waals surface area contributed by atoms with Crippen LogP contribution < -0.4 is 14.8 Å². The normalized spacial score (nSPS) is 39.2. The second kappa shape index (κ2) is 6.74. The van der Waals surface area contributed by atoms with Crippen molar-refractivity contribution < 1.29 is 18.9 Å². The molecule has 0 radical (unpaired) electrons. The van der Waals surface area contributed by atoms with E-state index in [1.165, 1.54) is 16.7 Å². The number of hydrogen-bond acceptors (Lipinski definition) is 5. The van der Waals surface area contributed by atoms with E-state index < -0.39 is 0 Å². The molecule has 1 saturated heterocycles. The zero-order valence-corrected chi connectivity index (χ0v) is 19.6. The maximum absolute atomic E-state index is 6.92. The fraction of sp³-hybridized carbons (Fsp3) is 0.571. The van der Waals surface area contributed by atoms with Crippen LogP contribution in [-0.4, -0.2) is 44.6 Å². The van der Waals surface area contributed by atoms with Gasteiger partial charge in [-0.2, -0.15) is 0 Å². The van der Waals surface area contributed by atoms with Crippen LogP contribution in [0.15, 0.2) is 42.5 Å². The lowest BCUT2D eigenvalue weighted by molar-refractivity contribution is -0.258. The van der Waals surface area contributed by atoms with E-state index in [0.29, 0.717) is 6.61 Å². The van der Waals surface area contributed by atoms with Crippen LogP contribution in [0.25, 0.3) is 0 Å². The molecule has 4 fully saturated rings. The van der Waals surface area contributed by atoms with Gasteiger partial charge in [-0.3, -0.25) is 0 Å². The number of ether oxygens (including phenoxy) is 4. The lowest BCUT2D eigenvalue weighted by atomic mass is 9.33. The highest BCUT2D eigenvalue weighted by Gasteiger charge is 2.81. The summed E-state index contributed by atoms with van der Waals surface area (Å²) in [5.74, 6) is 1.85. The summed E-state index contributed by atoms with van der Waals surface area (Å²) in [5, 5.41) is 4.05. The molecule has 33 heavy (non-hydrogen) atoms. The molecule has 6 aliphatic rings. The van der Waals surface area contributed by atoms with Gasteiger partial charge in [-0.25, -0.2) is 0 Å². The molecule has 5 heteroatoms. The van der Waals surface area contributed by atoms with E-state index in [-0.39, 0.29) is 28.1 Å². The zero-order chi connectivity index (χ0) is 22.3. The van der Waals surface area contributed by atoms with Crippen molar-refractivity contribution in [1.29, 1.82) is 0 Å². The number of hydrogen-bond donors (Lipinski definition) is 1. The van der Waals surface area contributed by atoms with Crippen LogP contribution in [0.4, 0.5) is 0 Å². The van der Waals surface area contributed by atoms with Crippen molar-refractivity contribution in [3.8, 4) is 11.5 Å². The van der Waals surface area contributed by atoms with E-state index in [2.05, 4.69) is 47.8 Å². The smallest absolute Gasteiger partial charge is 0.165 e. The van der Waals surface area contributed by atoms with E-state index in [1.807, 2.05) is 7.11 Å². The lowest BCUT2D eigenvalue weighted by Gasteiger charge is -2.74. The van der Waals surface area contributed by atoms with Crippen molar-refractivity contribution in [2.24, 2.45) is 5.41 Å². The molecule has 2 spiro atoms. The summed E-state index contributed by atoms with van der Waals surface area (Å²) in [4.78, 5) is 0. The van der Waals surface area contributed by atoms with Crippen molar-refractivity contribution in [2.45, 2.75) is 67.8 Å². The Kier molecular flexibility index (Phi) is 4.15. The molecule has 2 aromatic carbocycles. The molecule has 3 unspecified atom stereocenters. The average molecular weight is 448 g/mol. The Labute approximate surface area is 195 Å². The van der Waals surface area contributed by atoms with Crippen molar-refractivity contribution in [1.82, 2.24) is 5.32 Å². The first-order chi connectivity index (χ1) is 16.1. The van der Waals surface area contributed by atoms with Crippen LogP contribution in [0.5, 0.6) is 11.5 Å². The molecule has 2 aromatic rings. The minimum Gasteiger partial charge on any atom is -0.493 e. The van der Waals surface area contributed by atoms with Gasteiger partial charge in [0, 0.05) is 23.5 Å². The average Bonchev–Trinajstić information content (AvgIpc) is 3.22. The molecular formula is C28H33NO4. The Morgan fingerprint density at radius 3 is 2.58 bits per heavy atom. The molecule has 5 nitrogen and oxygen atoms in total. The highest BCUT2D eigenvalue weighted by Crippen LogP contribution is 2.76. The predicted molar refractivity (Wildman–Crippen MR) is 125 cm³/mol. The molecule has 3 atom stereocenters. The SMILES string of the molecule is COc1ccc2c3c1OC1C4(OC)CCC5(CC4)C(COCc4ccccc4)(C2)NCCC315. The molecule has 0 aromatic heterocycles. The highest BCUT2D eigenvalue weighted by molar-refractivity contribution is 5.64. The van der Waals surface area contributed by atoms with Gasteiger partial charge in [-0.1, -0.05) is 36.4 Å². The van der Waals surface area contributed by atoms with Gasteiger partial charge in [0.25, 0.3) is 0 Å². The Morgan fingerprint density at radius 2 is 1.82 bits per heavy atom. The van der Waals surface area contributed by atoms with Crippen LogP contribution in [0.2, 0.25) is 0 Å². The maximum atomic E-state index is 6.92. The van der Waals surface area contributed by atoms with Crippen molar-refractivity contribution >= 4 is 0 Å². The van der Waals surface area contributed by atoms with E-state index in [9.17, 15) is 0 Å². The number of nitrogens with one attached hydrogen (secondary N) is 1. The Morgan fingerprint density at radius 1 is 1.00 bits per heavy atom. The summed E-state index contributed by atoms with van der Waals surface area (Å²) in [6.07, 6.45) is 6.49. The number of fused-ring (bicyclic) bond motifs is 2. The lowest BCUT2D eigenvalue weighted by Crippen LogP contribution is -2.83. The number of rotatable bonds is 6. The summed E-state index contributed by atoms with van der Waals surface area (Å²) >= 11 is 0. The minimum atomic E-state index is -0.214. The van der Waals surface area contributed by atoms with Gasteiger partial charge in [-0.05, 0) is 62.3 Å². The van der Waals surface area contributed by atoms with Crippen LogP contribution in [0, 0.1) is 5.41 Å². The standard InChI is InChI=1S/C28H33NO4/c1-30-21-9-8-20-16-27(18-32-17-19-6-4-3-5-7-19)26-12-10-25(31-2,11-13-26)24-28(26,14-15-29-27)22(20)23(21)33-24/h3-9,24,29H,10-18H2,1-2H3. The highest BCUT2D eigenvalue weighted by atomic mass is 16.6. The second-order valence-corrected chi connectivity index (χ2v) is 10.9. The summed E-state index contributed by atoms with van der Waals surface area (Å²) < 4.78 is 25.6. The second-order valence-electron chi connectivity index (χ2n) is 10.9. The number of piperidine rings is 1. The fourth-order valence-electron chi connectivity index (χ4n) is 8.82. The third-order valence-corrected chi connectivity index (χ3v) is 10.1. The van der Waals surface area contributed by atoms with Crippen LogP contribution >= 0.6 is 0 Å². The van der Waals surface area contributed by atoms with E-state index >= 15 is 0 Å². The first-order valence-corrected chi connectivity index (χ1v) is 12.4. The van der Waals surface area contributed by atoms with Crippen molar-refractivity contribution in [3.05, 3.63) is 59.2 Å². The van der Waals surface area contributed by atoms with Gasteiger partial charge in [0.15, 0.2) is 11.5 Å². The molecule has 4 aliphatic carbocycles. The third-order valence-electron chi connectivity index (χ3n) is 10.1. The largest absolute Gasteiger partial charge is 0.493 e. The van der Waals surface area contributed by atoms with Crippen LogP contribution in [0.1, 0.15) is 48.8 Å². The van der Waals surface area contributed by atoms with Gasteiger partial charge in [0.05, 0.1) is 25.9 Å². The first-order valence-electron chi connectivity index (χ1n) is 12.4.